The van der Waals surface area contributed by atoms with E-state index in [0.717, 1.165) is 18.6 Å². The Morgan fingerprint density at radius 3 is 2.48 bits per heavy atom. The summed E-state index contributed by atoms with van der Waals surface area (Å²) in [6, 6.07) is 5.11. The van der Waals surface area contributed by atoms with Crippen LogP contribution in [0.5, 0.6) is 5.88 Å². The van der Waals surface area contributed by atoms with E-state index in [1.165, 1.54) is 13.2 Å². The molecule has 29 heavy (non-hydrogen) atoms. The number of aromatic nitrogens is 5. The number of benzene rings is 1. The molecule has 3 aromatic rings. The summed E-state index contributed by atoms with van der Waals surface area (Å²) in [7, 11) is 1.51. The van der Waals surface area contributed by atoms with Crippen molar-refractivity contribution >= 4 is 11.6 Å². The number of nitrogens with zero attached hydrogens (tertiary/aromatic N) is 5. The molecule has 10 heteroatoms. The summed E-state index contributed by atoms with van der Waals surface area (Å²) in [4.78, 5) is 8.51. The van der Waals surface area contributed by atoms with Crippen LogP contribution in [-0.4, -0.2) is 32.1 Å². The smallest absolute Gasteiger partial charge is 0.416 e. The lowest BCUT2D eigenvalue weighted by Gasteiger charge is -2.42. The summed E-state index contributed by atoms with van der Waals surface area (Å²) in [6.45, 7) is 1.74. The maximum Gasteiger partial charge on any atom is 0.416 e. The van der Waals surface area contributed by atoms with Gasteiger partial charge in [-0.25, -0.2) is 9.67 Å². The normalized spacial score (nSPS) is 15.8. The van der Waals surface area contributed by atoms with Crippen molar-refractivity contribution in [1.82, 2.24) is 25.0 Å². The molecule has 0 radical (unpaired) electrons. The zero-order valence-corrected chi connectivity index (χ0v) is 16.4. The molecular weight excluding hydrogens is 407 g/mol. The van der Waals surface area contributed by atoms with E-state index in [0.29, 0.717) is 41.5 Å². The lowest BCUT2D eigenvalue weighted by atomic mass is 9.71. The van der Waals surface area contributed by atoms with Crippen molar-refractivity contribution in [3.8, 4) is 17.3 Å². The van der Waals surface area contributed by atoms with Crippen molar-refractivity contribution in [2.24, 2.45) is 0 Å². The summed E-state index contributed by atoms with van der Waals surface area (Å²) in [6.07, 6.45) is -0.402. The number of aryl methyl sites for hydroxylation is 1. The molecule has 0 atom stereocenters. The van der Waals surface area contributed by atoms with E-state index in [1.54, 1.807) is 23.9 Å². The topological polar surface area (TPSA) is 65.7 Å². The molecule has 1 saturated carbocycles. The van der Waals surface area contributed by atoms with Gasteiger partial charge < -0.3 is 4.74 Å². The first-order valence-corrected chi connectivity index (χ1v) is 9.31. The Kier molecular flexibility index (Phi) is 4.72. The van der Waals surface area contributed by atoms with E-state index in [4.69, 9.17) is 16.3 Å². The molecule has 0 amide bonds. The molecule has 1 aliphatic rings. The number of ether oxygens (including phenoxy) is 1. The molecule has 0 aliphatic heterocycles. The Morgan fingerprint density at radius 1 is 1.14 bits per heavy atom. The first-order chi connectivity index (χ1) is 13.7. The van der Waals surface area contributed by atoms with Crippen molar-refractivity contribution in [2.45, 2.75) is 37.9 Å². The van der Waals surface area contributed by atoms with Gasteiger partial charge >= 0.3 is 6.18 Å². The summed E-state index contributed by atoms with van der Waals surface area (Å²) in [5.74, 6) is 0.934. The van der Waals surface area contributed by atoms with Crippen molar-refractivity contribution in [3.05, 3.63) is 52.4 Å². The van der Waals surface area contributed by atoms with Crippen LogP contribution in [0.2, 0.25) is 5.02 Å². The Morgan fingerprint density at radius 2 is 1.90 bits per heavy atom. The summed E-state index contributed by atoms with van der Waals surface area (Å²) in [5, 5.41) is 8.52. The minimum Gasteiger partial charge on any atom is -0.481 e. The van der Waals surface area contributed by atoms with Crippen LogP contribution in [0.15, 0.2) is 30.5 Å². The van der Waals surface area contributed by atoms with Gasteiger partial charge in [-0.3, -0.25) is 0 Å². The van der Waals surface area contributed by atoms with Crippen LogP contribution < -0.4 is 4.74 Å². The highest BCUT2D eigenvalue weighted by Crippen LogP contribution is 2.48. The van der Waals surface area contributed by atoms with E-state index in [-0.39, 0.29) is 5.02 Å². The molecule has 0 N–H and O–H groups in total. The highest BCUT2D eigenvalue weighted by atomic mass is 35.5. The fraction of sp³-hybridized carbons (Fsp3) is 0.368. The first-order valence-electron chi connectivity index (χ1n) is 8.93. The quantitative estimate of drug-likeness (QED) is 0.611. The van der Waals surface area contributed by atoms with Crippen molar-refractivity contribution in [1.29, 1.82) is 0 Å². The molecule has 4 rings (SSSR count). The number of hydrogen-bond donors (Lipinski definition) is 0. The van der Waals surface area contributed by atoms with Crippen molar-refractivity contribution in [3.63, 3.8) is 0 Å². The third-order valence-corrected chi connectivity index (χ3v) is 5.51. The second-order valence-corrected chi connectivity index (χ2v) is 7.38. The van der Waals surface area contributed by atoms with E-state index < -0.39 is 17.3 Å². The summed E-state index contributed by atoms with van der Waals surface area (Å²) >= 11 is 6.27. The largest absolute Gasteiger partial charge is 0.481 e. The SMILES string of the molecule is COc1cc(-c2cn(C3(c4ccc(C(F)(F)F)cc4Cl)CCC3)nn2)nc(C)n1. The number of halogens is 4. The third-order valence-electron chi connectivity index (χ3n) is 5.20. The summed E-state index contributed by atoms with van der Waals surface area (Å²) in [5.41, 5.74) is 0.269. The maximum absolute atomic E-state index is 13.0. The van der Waals surface area contributed by atoms with E-state index in [9.17, 15) is 13.2 Å². The molecule has 1 fully saturated rings. The van der Waals surface area contributed by atoms with Gasteiger partial charge in [0.25, 0.3) is 0 Å². The van der Waals surface area contributed by atoms with Crippen LogP contribution in [0.25, 0.3) is 11.4 Å². The second kappa shape index (κ2) is 6.98. The Labute approximate surface area is 169 Å². The van der Waals surface area contributed by atoms with Crippen LogP contribution in [0, 0.1) is 6.92 Å². The Hall–Kier alpha value is -2.68. The maximum atomic E-state index is 13.0. The fourth-order valence-electron chi connectivity index (χ4n) is 3.57. The minimum atomic E-state index is -4.45. The van der Waals surface area contributed by atoms with Gasteiger partial charge in [0.2, 0.25) is 5.88 Å². The average Bonchev–Trinajstić information content (AvgIpc) is 3.11. The van der Waals surface area contributed by atoms with Crippen LogP contribution >= 0.6 is 11.6 Å². The van der Waals surface area contributed by atoms with Gasteiger partial charge in [0, 0.05) is 11.1 Å². The van der Waals surface area contributed by atoms with E-state index in [2.05, 4.69) is 20.3 Å². The van der Waals surface area contributed by atoms with Crippen LogP contribution in [0.1, 0.15) is 36.2 Å². The molecule has 2 heterocycles. The van der Waals surface area contributed by atoms with Crippen LogP contribution in [0.3, 0.4) is 0 Å². The average molecular weight is 424 g/mol. The van der Waals surface area contributed by atoms with E-state index in [1.807, 2.05) is 0 Å². The molecule has 152 valence electrons. The first kappa shape index (κ1) is 19.6. The molecule has 1 aromatic carbocycles. The minimum absolute atomic E-state index is 0.0659. The van der Waals surface area contributed by atoms with Crippen LogP contribution in [0.4, 0.5) is 13.2 Å². The van der Waals surface area contributed by atoms with Gasteiger partial charge in [0.05, 0.1) is 30.1 Å². The lowest BCUT2D eigenvalue weighted by Crippen LogP contribution is -2.42. The highest BCUT2D eigenvalue weighted by molar-refractivity contribution is 6.31. The summed E-state index contributed by atoms with van der Waals surface area (Å²) < 4.78 is 45.8. The predicted molar refractivity (Wildman–Crippen MR) is 99.7 cm³/mol. The monoisotopic (exact) mass is 423 g/mol. The molecule has 6 nitrogen and oxygen atoms in total. The number of hydrogen-bond acceptors (Lipinski definition) is 5. The number of rotatable bonds is 4. The molecule has 0 bridgehead atoms. The molecule has 0 spiro atoms. The standard InChI is InChI=1S/C19H17ClF3N5O/c1-11-24-15(9-17(25-11)29-2)16-10-28(27-26-16)18(6-3-7-18)13-5-4-12(8-14(13)20)19(21,22)23/h4-5,8-10H,3,6-7H2,1-2H3. The van der Waals surface area contributed by atoms with Gasteiger partial charge in [-0.15, -0.1) is 5.10 Å². The van der Waals surface area contributed by atoms with Gasteiger partial charge in [-0.1, -0.05) is 22.9 Å². The zero-order chi connectivity index (χ0) is 20.8. The van der Waals surface area contributed by atoms with Gasteiger partial charge in [-0.2, -0.15) is 18.2 Å². The van der Waals surface area contributed by atoms with Crippen LogP contribution in [-0.2, 0) is 11.7 Å². The highest BCUT2D eigenvalue weighted by Gasteiger charge is 2.44. The van der Waals surface area contributed by atoms with Gasteiger partial charge in [0.1, 0.15) is 11.5 Å². The molecule has 2 aromatic heterocycles. The predicted octanol–water partition coefficient (Wildman–Crippen LogP) is 4.65. The molecular formula is C19H17ClF3N5O. The zero-order valence-electron chi connectivity index (χ0n) is 15.7. The Balaban J connectivity index is 1.74. The third kappa shape index (κ3) is 3.43. The molecule has 1 aliphatic carbocycles. The number of methoxy groups -OCH3 is 1. The molecule has 0 saturated heterocycles. The van der Waals surface area contributed by atoms with Crippen molar-refractivity contribution in [2.75, 3.05) is 7.11 Å². The van der Waals surface area contributed by atoms with Gasteiger partial charge in [0.15, 0.2) is 0 Å². The van der Waals surface area contributed by atoms with E-state index >= 15 is 0 Å². The second-order valence-electron chi connectivity index (χ2n) is 6.97. The lowest BCUT2D eigenvalue weighted by molar-refractivity contribution is -0.137. The fourth-order valence-corrected chi connectivity index (χ4v) is 3.93. The van der Waals surface area contributed by atoms with Gasteiger partial charge in [-0.05, 0) is 43.9 Å². The Bertz CT molecular complexity index is 1060. The van der Waals surface area contributed by atoms with Crippen molar-refractivity contribution < 1.29 is 17.9 Å². The number of alkyl halides is 3. The molecule has 0 unspecified atom stereocenters.